The molecule has 0 saturated carbocycles. The van der Waals surface area contributed by atoms with Gasteiger partial charge in [-0.15, -0.1) is 0 Å². The van der Waals surface area contributed by atoms with Crippen LogP contribution in [0.2, 0.25) is 0 Å². The topological polar surface area (TPSA) is 81.4 Å². The molecule has 1 rings (SSSR count). The average molecular weight is 294 g/mol. The molecule has 0 aliphatic rings. The number of halogens is 2. The number of rotatable bonds is 7. The Bertz CT molecular complexity index is 521. The maximum atomic E-state index is 12.0. The molecule has 0 saturated heterocycles. The van der Waals surface area contributed by atoms with Gasteiger partial charge in [-0.25, -0.2) is 21.9 Å². The van der Waals surface area contributed by atoms with Crippen molar-refractivity contribution in [2.45, 2.75) is 24.8 Å². The number of benzene rings is 1. The summed E-state index contributed by atoms with van der Waals surface area (Å²) in [6.07, 6.45) is -2.74. The van der Waals surface area contributed by atoms with Crippen molar-refractivity contribution in [2.24, 2.45) is 5.73 Å². The van der Waals surface area contributed by atoms with Gasteiger partial charge in [0.15, 0.2) is 0 Å². The van der Waals surface area contributed by atoms with Gasteiger partial charge in [-0.1, -0.05) is 0 Å². The van der Waals surface area contributed by atoms with Crippen LogP contribution in [0.1, 0.15) is 12.5 Å². The Morgan fingerprint density at radius 3 is 2.63 bits per heavy atom. The molecule has 8 heteroatoms. The molecule has 0 amide bonds. The van der Waals surface area contributed by atoms with Crippen molar-refractivity contribution in [3.8, 4) is 5.75 Å². The molecular formula is C11H16F2N2O3S. The first-order chi connectivity index (χ1) is 8.90. The second kappa shape index (κ2) is 6.78. The van der Waals surface area contributed by atoms with Gasteiger partial charge in [0.2, 0.25) is 10.0 Å². The maximum Gasteiger partial charge on any atom is 0.251 e. The molecule has 3 N–H and O–H groups in total. The van der Waals surface area contributed by atoms with E-state index in [2.05, 4.69) is 0 Å². The van der Waals surface area contributed by atoms with Crippen LogP contribution >= 0.6 is 0 Å². The van der Waals surface area contributed by atoms with E-state index in [1.807, 2.05) is 4.72 Å². The van der Waals surface area contributed by atoms with Crippen molar-refractivity contribution < 1.29 is 21.9 Å². The number of alkyl halides is 2. The van der Waals surface area contributed by atoms with E-state index in [1.165, 1.54) is 18.2 Å². The van der Waals surface area contributed by atoms with Crippen LogP contribution in [0, 0.1) is 0 Å². The van der Waals surface area contributed by atoms with Crippen molar-refractivity contribution in [3.05, 3.63) is 23.8 Å². The minimum Gasteiger partial charge on any atom is -0.494 e. The standard InChI is InChI=1S/C11H16F2N2O3S/c1-2-18-10-4-3-9(5-8(10)6-14)19(16,17)15-7-11(12)13/h3-5,11,15H,2,6-7,14H2,1H3. The molecule has 0 bridgehead atoms. The first kappa shape index (κ1) is 15.8. The Labute approximate surface area is 110 Å². The molecule has 19 heavy (non-hydrogen) atoms. The summed E-state index contributed by atoms with van der Waals surface area (Å²) in [7, 11) is -3.96. The summed E-state index contributed by atoms with van der Waals surface area (Å²) in [5.41, 5.74) is 6.00. The number of sulfonamides is 1. The van der Waals surface area contributed by atoms with E-state index in [4.69, 9.17) is 10.5 Å². The number of nitrogens with one attached hydrogen (secondary N) is 1. The summed E-state index contributed by atoms with van der Waals surface area (Å²) in [6, 6.07) is 4.07. The summed E-state index contributed by atoms with van der Waals surface area (Å²) in [5, 5.41) is 0. The lowest BCUT2D eigenvalue weighted by Crippen LogP contribution is -2.28. The van der Waals surface area contributed by atoms with Crippen molar-refractivity contribution in [3.63, 3.8) is 0 Å². The molecule has 0 spiro atoms. The predicted molar refractivity (Wildman–Crippen MR) is 66.7 cm³/mol. The molecule has 0 atom stereocenters. The Hall–Kier alpha value is -1.25. The minimum absolute atomic E-state index is 0.0908. The summed E-state index contributed by atoms with van der Waals surface area (Å²) in [6.45, 7) is 1.37. The van der Waals surface area contributed by atoms with Gasteiger partial charge in [-0.05, 0) is 25.1 Å². The summed E-state index contributed by atoms with van der Waals surface area (Å²) in [5.74, 6) is 0.484. The van der Waals surface area contributed by atoms with Crippen LogP contribution in [0.5, 0.6) is 5.75 Å². The highest BCUT2D eigenvalue weighted by Gasteiger charge is 2.17. The van der Waals surface area contributed by atoms with E-state index in [0.717, 1.165) is 0 Å². The molecule has 0 fully saturated rings. The number of ether oxygens (including phenoxy) is 1. The third-order valence-electron chi connectivity index (χ3n) is 2.29. The van der Waals surface area contributed by atoms with Gasteiger partial charge in [0.25, 0.3) is 6.43 Å². The quantitative estimate of drug-likeness (QED) is 0.788. The van der Waals surface area contributed by atoms with Crippen LogP contribution in [-0.2, 0) is 16.6 Å². The normalized spacial score (nSPS) is 11.8. The Morgan fingerprint density at radius 2 is 2.11 bits per heavy atom. The highest BCUT2D eigenvalue weighted by atomic mass is 32.2. The van der Waals surface area contributed by atoms with Crippen molar-refractivity contribution in [1.82, 2.24) is 4.72 Å². The van der Waals surface area contributed by atoms with E-state index >= 15 is 0 Å². The van der Waals surface area contributed by atoms with Crippen molar-refractivity contribution in [2.75, 3.05) is 13.2 Å². The zero-order valence-electron chi connectivity index (χ0n) is 10.4. The van der Waals surface area contributed by atoms with E-state index in [0.29, 0.717) is 17.9 Å². The lowest BCUT2D eigenvalue weighted by atomic mass is 10.2. The molecule has 108 valence electrons. The first-order valence-corrected chi connectivity index (χ1v) is 7.12. The van der Waals surface area contributed by atoms with E-state index in [-0.39, 0.29) is 11.4 Å². The fourth-order valence-corrected chi connectivity index (χ4v) is 2.49. The molecular weight excluding hydrogens is 278 g/mol. The zero-order valence-corrected chi connectivity index (χ0v) is 11.2. The fraction of sp³-hybridized carbons (Fsp3) is 0.455. The zero-order chi connectivity index (χ0) is 14.5. The van der Waals surface area contributed by atoms with E-state index in [1.54, 1.807) is 6.92 Å². The Morgan fingerprint density at radius 1 is 1.42 bits per heavy atom. The number of hydrogen-bond acceptors (Lipinski definition) is 4. The molecule has 0 unspecified atom stereocenters. The highest BCUT2D eigenvalue weighted by Crippen LogP contribution is 2.22. The van der Waals surface area contributed by atoms with Crippen molar-refractivity contribution in [1.29, 1.82) is 0 Å². The molecule has 1 aromatic rings. The van der Waals surface area contributed by atoms with Crippen molar-refractivity contribution >= 4 is 10.0 Å². The lowest BCUT2D eigenvalue weighted by molar-refractivity contribution is 0.153. The summed E-state index contributed by atoms with van der Waals surface area (Å²) >= 11 is 0. The predicted octanol–water partition coefficient (Wildman–Crippen LogP) is 1.09. The Balaban J connectivity index is 3.01. The molecule has 0 radical (unpaired) electrons. The highest BCUT2D eigenvalue weighted by molar-refractivity contribution is 7.89. The fourth-order valence-electron chi connectivity index (χ4n) is 1.43. The van der Waals surface area contributed by atoms with Gasteiger partial charge < -0.3 is 10.5 Å². The average Bonchev–Trinajstić information content (AvgIpc) is 2.37. The number of hydrogen-bond donors (Lipinski definition) is 2. The molecule has 0 heterocycles. The SMILES string of the molecule is CCOc1ccc(S(=O)(=O)NCC(F)F)cc1CN. The largest absolute Gasteiger partial charge is 0.494 e. The van der Waals surface area contributed by atoms with Crippen LogP contribution in [0.15, 0.2) is 23.1 Å². The molecule has 5 nitrogen and oxygen atoms in total. The summed E-state index contributed by atoms with van der Waals surface area (Å²) in [4.78, 5) is -0.114. The lowest BCUT2D eigenvalue weighted by Gasteiger charge is -2.11. The maximum absolute atomic E-state index is 12.0. The second-order valence-electron chi connectivity index (χ2n) is 3.65. The van der Waals surface area contributed by atoms with E-state index in [9.17, 15) is 17.2 Å². The number of nitrogens with two attached hydrogens (primary N) is 1. The monoisotopic (exact) mass is 294 g/mol. The second-order valence-corrected chi connectivity index (χ2v) is 5.42. The molecule has 1 aromatic carbocycles. The summed E-state index contributed by atoms with van der Waals surface area (Å²) < 4.78 is 54.6. The van der Waals surface area contributed by atoms with Crippen LogP contribution in [-0.4, -0.2) is 28.0 Å². The minimum atomic E-state index is -3.96. The van der Waals surface area contributed by atoms with Gasteiger partial charge in [0, 0.05) is 12.1 Å². The molecule has 0 aliphatic heterocycles. The van der Waals surface area contributed by atoms with Gasteiger partial charge in [-0.2, -0.15) is 0 Å². The van der Waals surface area contributed by atoms with Crippen LogP contribution in [0.25, 0.3) is 0 Å². The van der Waals surface area contributed by atoms with Gasteiger partial charge in [0.1, 0.15) is 5.75 Å². The van der Waals surface area contributed by atoms with Crippen LogP contribution < -0.4 is 15.2 Å². The van der Waals surface area contributed by atoms with Gasteiger partial charge in [-0.3, -0.25) is 0 Å². The van der Waals surface area contributed by atoms with Crippen LogP contribution in [0.4, 0.5) is 8.78 Å². The first-order valence-electron chi connectivity index (χ1n) is 5.64. The van der Waals surface area contributed by atoms with Crippen LogP contribution in [0.3, 0.4) is 0 Å². The molecule has 0 aliphatic carbocycles. The smallest absolute Gasteiger partial charge is 0.251 e. The van der Waals surface area contributed by atoms with Gasteiger partial charge >= 0.3 is 0 Å². The van der Waals surface area contributed by atoms with Gasteiger partial charge in [0.05, 0.1) is 18.0 Å². The van der Waals surface area contributed by atoms with E-state index < -0.39 is 23.0 Å². The third-order valence-corrected chi connectivity index (χ3v) is 3.71. The molecule has 0 aromatic heterocycles. The third kappa shape index (κ3) is 4.41. The Kier molecular flexibility index (Phi) is 5.64.